The van der Waals surface area contributed by atoms with Gasteiger partial charge in [-0.3, -0.25) is 4.79 Å². The number of nitrogen functional groups attached to an aromatic ring is 1. The summed E-state index contributed by atoms with van der Waals surface area (Å²) in [7, 11) is -5.72. The monoisotopic (exact) mass is 1150 g/mol. The number of carbonyl (C=O) groups is 3. The predicted octanol–water partition coefficient (Wildman–Crippen LogP) is 6.95. The van der Waals surface area contributed by atoms with Crippen LogP contribution in [0.1, 0.15) is 48.6 Å². The summed E-state index contributed by atoms with van der Waals surface area (Å²) in [5, 5.41) is 24.0. The highest BCUT2D eigenvalue weighted by atomic mass is 32.2. The number of fused-ring (bicyclic) bond motifs is 2. The highest BCUT2D eigenvalue weighted by Crippen LogP contribution is 2.42. The van der Waals surface area contributed by atoms with Gasteiger partial charge in [0.2, 0.25) is 26.5 Å². The Hall–Kier alpha value is -8.62. The Morgan fingerprint density at radius 3 is 2.06 bits per heavy atom. The number of amides is 3. The van der Waals surface area contributed by atoms with Gasteiger partial charge in [0.05, 0.1) is 51.9 Å². The van der Waals surface area contributed by atoms with Gasteiger partial charge >= 0.3 is 12.2 Å². The van der Waals surface area contributed by atoms with Gasteiger partial charge in [-0.25, -0.2) is 41.6 Å². The van der Waals surface area contributed by atoms with Gasteiger partial charge < -0.3 is 50.1 Å². The Morgan fingerprint density at radius 2 is 1.46 bits per heavy atom. The van der Waals surface area contributed by atoms with E-state index < -0.39 is 66.8 Å². The summed E-state index contributed by atoms with van der Waals surface area (Å²) in [6.07, 6.45) is -1.26. The number of nitrogens with zero attached hydrogens (tertiary/aromatic N) is 5. The maximum absolute atomic E-state index is 16.4. The number of benzene rings is 6. The molecule has 2 bridgehead atoms. The fourth-order valence-electron chi connectivity index (χ4n) is 8.39. The summed E-state index contributed by atoms with van der Waals surface area (Å²) in [6, 6.07) is 33.1. The Morgan fingerprint density at radius 1 is 0.790 bits per heavy atom. The highest BCUT2D eigenvalue weighted by Gasteiger charge is 2.38. The van der Waals surface area contributed by atoms with Gasteiger partial charge in [-0.15, -0.1) is 0 Å². The lowest BCUT2D eigenvalue weighted by atomic mass is 9.96. The van der Waals surface area contributed by atoms with Crippen molar-refractivity contribution in [1.29, 1.82) is 0 Å². The topological polar surface area (TPSA) is 304 Å². The third-order valence-electron chi connectivity index (χ3n) is 12.3. The zero-order valence-corrected chi connectivity index (χ0v) is 47.0. The molecule has 1 aliphatic rings. The van der Waals surface area contributed by atoms with Gasteiger partial charge in [-0.2, -0.15) is 9.42 Å². The van der Waals surface area contributed by atoms with Crippen LogP contribution in [0.15, 0.2) is 153 Å². The summed E-state index contributed by atoms with van der Waals surface area (Å²) in [5.41, 5.74) is 11.1. The second kappa shape index (κ2) is 27.0. The SMILES string of the molecule is COc1ccc(CN(Cc2ccc(OC)cc2)S(=O)(=O)c2c(S(=O)(=O)NCCNC(=O)OC(C)(C)C)ccc(-c3cccc(N(C=O)C[C@H](CO)NC(=O)OCc4ccccc4)c3N)c2C2=Nc3cc(ccc3OC)CN=NN2)cc1. The van der Waals surface area contributed by atoms with Gasteiger partial charge in [-0.1, -0.05) is 84.1 Å². The number of alkyl carbamates (subject to hydrolysis) is 2. The Bertz CT molecular complexity index is 3420. The lowest BCUT2D eigenvalue weighted by Crippen LogP contribution is -2.46. The van der Waals surface area contributed by atoms with Crippen molar-refractivity contribution in [3.05, 3.63) is 155 Å². The molecule has 0 unspecified atom stereocenters. The number of para-hydroxylation sites is 1. The molecule has 7 rings (SSSR count). The van der Waals surface area contributed by atoms with Crippen LogP contribution < -0.4 is 45.6 Å². The summed E-state index contributed by atoms with van der Waals surface area (Å²) >= 11 is 0. The normalized spacial score (nSPS) is 12.8. The molecule has 0 saturated heterocycles. The quantitative estimate of drug-likeness (QED) is 0.0203. The lowest BCUT2D eigenvalue weighted by molar-refractivity contribution is -0.107. The first-order valence-electron chi connectivity index (χ1n) is 25.2. The fraction of sp³-hybridized carbons (Fsp3) is 0.286. The molecule has 0 fully saturated rings. The highest BCUT2D eigenvalue weighted by molar-refractivity contribution is 7.92. The Labute approximate surface area is 470 Å². The van der Waals surface area contributed by atoms with E-state index in [9.17, 15) is 19.5 Å². The van der Waals surface area contributed by atoms with E-state index >= 15 is 16.8 Å². The van der Waals surface area contributed by atoms with Crippen LogP contribution in [-0.2, 0) is 60.6 Å². The van der Waals surface area contributed by atoms with Gasteiger partial charge in [0.25, 0.3) is 0 Å². The molecule has 0 aromatic heterocycles. The molecule has 3 amide bonds. The number of hydrogen-bond acceptors (Lipinski definition) is 18. The van der Waals surface area contributed by atoms with E-state index in [2.05, 4.69) is 31.1 Å². The first-order chi connectivity index (χ1) is 38.8. The molecular weight excluding hydrogens is 1080 g/mol. The number of nitrogens with one attached hydrogen (secondary N) is 4. The summed E-state index contributed by atoms with van der Waals surface area (Å²) in [4.78, 5) is 43.2. The molecule has 0 saturated carbocycles. The second-order valence-corrected chi connectivity index (χ2v) is 22.8. The molecule has 81 heavy (non-hydrogen) atoms. The van der Waals surface area contributed by atoms with E-state index in [-0.39, 0.29) is 84.7 Å². The van der Waals surface area contributed by atoms with Crippen molar-refractivity contribution < 1.29 is 60.0 Å². The van der Waals surface area contributed by atoms with E-state index in [1.54, 1.807) is 112 Å². The van der Waals surface area contributed by atoms with Gasteiger partial charge in [0.1, 0.15) is 44.9 Å². The molecule has 0 radical (unpaired) electrons. The number of aliphatic hydroxyl groups excluding tert-OH is 1. The van der Waals surface area contributed by atoms with E-state index in [1.807, 2.05) is 6.07 Å². The van der Waals surface area contributed by atoms with E-state index in [0.29, 0.717) is 40.2 Å². The number of hydrogen-bond donors (Lipinski definition) is 6. The van der Waals surface area contributed by atoms with Crippen molar-refractivity contribution in [3.8, 4) is 28.4 Å². The van der Waals surface area contributed by atoms with Crippen LogP contribution in [0.4, 0.5) is 26.7 Å². The maximum atomic E-state index is 16.4. The number of sulfonamides is 2. The number of aliphatic hydroxyl groups is 1. The zero-order chi connectivity index (χ0) is 58.3. The van der Waals surface area contributed by atoms with E-state index in [1.165, 1.54) is 45.6 Å². The smallest absolute Gasteiger partial charge is 0.407 e. The van der Waals surface area contributed by atoms with Crippen LogP contribution >= 0.6 is 0 Å². The number of nitrogens with two attached hydrogens (primary N) is 1. The first-order valence-corrected chi connectivity index (χ1v) is 28.2. The number of ether oxygens (including phenoxy) is 5. The van der Waals surface area contributed by atoms with E-state index in [0.717, 1.165) is 15.3 Å². The predicted molar refractivity (Wildman–Crippen MR) is 303 cm³/mol. The molecule has 0 aliphatic carbocycles. The number of anilines is 2. The summed E-state index contributed by atoms with van der Waals surface area (Å²) in [6.45, 7) is 2.65. The second-order valence-electron chi connectivity index (χ2n) is 19.2. The molecule has 7 N–H and O–H groups in total. The molecule has 1 atom stereocenters. The fourth-order valence-corrected chi connectivity index (χ4v) is 11.8. The number of methoxy groups -OCH3 is 3. The Balaban J connectivity index is 1.46. The molecule has 0 spiro atoms. The summed E-state index contributed by atoms with van der Waals surface area (Å²) in [5.74, 6) is 0.898. The van der Waals surface area contributed by atoms with Crippen molar-refractivity contribution in [2.24, 2.45) is 15.3 Å². The minimum atomic E-state index is -5.18. The van der Waals surface area contributed by atoms with Crippen LogP contribution in [0.3, 0.4) is 0 Å². The third-order valence-corrected chi connectivity index (χ3v) is 15.8. The maximum Gasteiger partial charge on any atom is 0.407 e. The largest absolute Gasteiger partial charge is 0.497 e. The van der Waals surface area contributed by atoms with Crippen molar-refractivity contribution >= 4 is 61.5 Å². The average Bonchev–Trinajstić information content (AvgIpc) is 3.63. The zero-order valence-electron chi connectivity index (χ0n) is 45.4. The van der Waals surface area contributed by atoms with Crippen molar-refractivity contribution in [2.75, 3.05) is 58.2 Å². The van der Waals surface area contributed by atoms with Crippen LogP contribution in [0.2, 0.25) is 0 Å². The van der Waals surface area contributed by atoms with Gasteiger partial charge in [-0.05, 0) is 97.1 Å². The van der Waals surface area contributed by atoms with Crippen LogP contribution in [0.25, 0.3) is 11.1 Å². The minimum Gasteiger partial charge on any atom is -0.497 e. The number of aliphatic imine (C=N–C) groups is 1. The molecule has 6 aromatic rings. The first kappa shape index (κ1) is 60.0. The van der Waals surface area contributed by atoms with Crippen LogP contribution in [0.5, 0.6) is 17.2 Å². The van der Waals surface area contributed by atoms with E-state index in [4.69, 9.17) is 34.4 Å². The molecule has 1 heterocycles. The van der Waals surface area contributed by atoms with Gasteiger partial charge in [0.15, 0.2) is 5.84 Å². The van der Waals surface area contributed by atoms with Crippen molar-refractivity contribution in [2.45, 2.75) is 68.4 Å². The lowest BCUT2D eigenvalue weighted by Gasteiger charge is -2.28. The van der Waals surface area contributed by atoms with Gasteiger partial charge in [0, 0.05) is 43.9 Å². The van der Waals surface area contributed by atoms with Crippen LogP contribution in [-0.4, -0.2) is 110 Å². The molecule has 23 nitrogen and oxygen atoms in total. The molecular formula is C56H64N10O13S2. The van der Waals surface area contributed by atoms with Crippen LogP contribution in [0, 0.1) is 0 Å². The molecule has 6 aromatic carbocycles. The minimum absolute atomic E-state index is 0.0321. The number of amidine groups is 1. The molecule has 25 heteroatoms. The molecule has 1 aliphatic heterocycles. The van der Waals surface area contributed by atoms with Crippen molar-refractivity contribution in [3.63, 3.8) is 0 Å². The Kier molecular flexibility index (Phi) is 20.0. The van der Waals surface area contributed by atoms with Crippen molar-refractivity contribution in [1.82, 2.24) is 25.1 Å². The third kappa shape index (κ3) is 15.6. The average molecular weight is 1150 g/mol. The summed E-state index contributed by atoms with van der Waals surface area (Å²) < 4.78 is 93.9. The standard InChI is InChI=1S/C56H64N10O13S2/c1-56(2,3)79-54(69)58-27-28-60-80(71,72)49-26-24-44(45-13-10-14-47(51(45)57)65(36-68)33-41(34-67)61-55(70)78-35-39-11-8-7-9-12-39)50(53-62-46-29-40(30-59-64-63-53)19-25-48(46)77-6)52(49)81(73,74)66(31-37-15-20-42(75-4)21-16-37)32-38-17-22-43(76-5)23-18-38/h7-26,29,36,41,60,67H,27-28,30-35,57H2,1-6H3,(H,58,69)(H,61,70)(H,59,62,63)/t41-/m1/s1. The molecule has 428 valence electrons. The number of carbonyl (C=O) groups excluding carboxylic acids is 3. The number of rotatable bonds is 24.